The predicted octanol–water partition coefficient (Wildman–Crippen LogP) is 2.48. The zero-order valence-corrected chi connectivity index (χ0v) is 7.74. The highest BCUT2D eigenvalue weighted by atomic mass is 16.4. The molecule has 2 heteroatoms. The van der Waals surface area contributed by atoms with E-state index in [2.05, 4.69) is 0 Å². The smallest absolute Gasteiger partial charge is 0.328 e. The Labute approximate surface area is 77.5 Å². The quantitative estimate of drug-likeness (QED) is 0.703. The maximum atomic E-state index is 10.4. The zero-order chi connectivity index (χ0) is 9.84. The maximum Gasteiger partial charge on any atom is 0.328 e. The minimum atomic E-state index is -0.904. The molecule has 0 fully saturated rings. The Balaban J connectivity index is 3.02. The Morgan fingerprint density at radius 3 is 2.69 bits per heavy atom. The summed E-state index contributed by atoms with van der Waals surface area (Å²) < 4.78 is 0. The van der Waals surface area contributed by atoms with Gasteiger partial charge < -0.3 is 5.11 Å². The lowest BCUT2D eigenvalue weighted by Gasteiger charge is -2.00. The van der Waals surface area contributed by atoms with Gasteiger partial charge in [0, 0.05) is 6.08 Å². The number of aliphatic carboxylic acids is 1. The summed E-state index contributed by atoms with van der Waals surface area (Å²) >= 11 is 0. The van der Waals surface area contributed by atoms with Crippen LogP contribution in [0.2, 0.25) is 0 Å². The fourth-order valence-electron chi connectivity index (χ4n) is 1.16. The number of rotatable bonds is 2. The van der Waals surface area contributed by atoms with Crippen LogP contribution in [-0.4, -0.2) is 11.1 Å². The van der Waals surface area contributed by atoms with Crippen molar-refractivity contribution in [3.63, 3.8) is 0 Å². The topological polar surface area (TPSA) is 37.3 Å². The molecule has 0 heterocycles. The number of hydrogen-bond donors (Lipinski definition) is 1. The standard InChI is InChI=1S/C11H12O2/c1-8-4-3-5-10(6-8)9(2)7-11(12)13/h3-7H,1-2H3,(H,12,13). The second kappa shape index (κ2) is 3.90. The fourth-order valence-corrected chi connectivity index (χ4v) is 1.16. The summed E-state index contributed by atoms with van der Waals surface area (Å²) in [6, 6.07) is 7.78. The molecule has 1 N–H and O–H groups in total. The van der Waals surface area contributed by atoms with Gasteiger partial charge in [0.15, 0.2) is 0 Å². The number of benzene rings is 1. The van der Waals surface area contributed by atoms with Crippen molar-refractivity contribution in [2.75, 3.05) is 0 Å². The Kier molecular flexibility index (Phi) is 2.85. The van der Waals surface area contributed by atoms with Gasteiger partial charge in [-0.3, -0.25) is 0 Å². The largest absolute Gasteiger partial charge is 0.478 e. The van der Waals surface area contributed by atoms with Gasteiger partial charge in [-0.05, 0) is 25.0 Å². The van der Waals surface area contributed by atoms with E-state index in [-0.39, 0.29) is 0 Å². The van der Waals surface area contributed by atoms with E-state index in [1.807, 2.05) is 31.2 Å². The van der Waals surface area contributed by atoms with Gasteiger partial charge in [0.2, 0.25) is 0 Å². The number of carboxylic acid groups (broad SMARTS) is 1. The van der Waals surface area contributed by atoms with Crippen LogP contribution in [0.5, 0.6) is 0 Å². The molecule has 0 spiro atoms. The first-order valence-corrected chi connectivity index (χ1v) is 4.08. The van der Waals surface area contributed by atoms with Crippen molar-refractivity contribution < 1.29 is 9.90 Å². The molecule has 13 heavy (non-hydrogen) atoms. The van der Waals surface area contributed by atoms with Gasteiger partial charge in [0.05, 0.1) is 0 Å². The van der Waals surface area contributed by atoms with Crippen molar-refractivity contribution in [3.05, 3.63) is 41.5 Å². The fraction of sp³-hybridized carbons (Fsp3) is 0.182. The Bertz CT molecular complexity index is 351. The van der Waals surface area contributed by atoms with E-state index >= 15 is 0 Å². The molecule has 0 aromatic heterocycles. The molecular weight excluding hydrogens is 164 g/mol. The summed E-state index contributed by atoms with van der Waals surface area (Å²) in [6.07, 6.45) is 1.22. The van der Waals surface area contributed by atoms with Crippen LogP contribution in [0.1, 0.15) is 18.1 Å². The third kappa shape index (κ3) is 2.75. The minimum Gasteiger partial charge on any atom is -0.478 e. The Hall–Kier alpha value is -1.57. The molecule has 1 aromatic carbocycles. The van der Waals surface area contributed by atoms with E-state index in [1.165, 1.54) is 6.08 Å². The van der Waals surface area contributed by atoms with Gasteiger partial charge >= 0.3 is 5.97 Å². The van der Waals surface area contributed by atoms with Gasteiger partial charge in [-0.2, -0.15) is 0 Å². The summed E-state index contributed by atoms with van der Waals surface area (Å²) in [5, 5.41) is 8.54. The average Bonchev–Trinajstić information content (AvgIpc) is 2.03. The lowest BCUT2D eigenvalue weighted by Crippen LogP contribution is -1.90. The van der Waals surface area contributed by atoms with Crippen LogP contribution < -0.4 is 0 Å². The van der Waals surface area contributed by atoms with Crippen LogP contribution in [0.4, 0.5) is 0 Å². The second-order valence-corrected chi connectivity index (χ2v) is 3.04. The van der Waals surface area contributed by atoms with Crippen molar-refractivity contribution in [1.29, 1.82) is 0 Å². The van der Waals surface area contributed by atoms with Gasteiger partial charge in [0.1, 0.15) is 0 Å². The zero-order valence-electron chi connectivity index (χ0n) is 7.74. The first-order valence-electron chi connectivity index (χ1n) is 4.08. The molecule has 0 aliphatic carbocycles. The van der Waals surface area contributed by atoms with Crippen LogP contribution >= 0.6 is 0 Å². The number of hydrogen-bond acceptors (Lipinski definition) is 1. The van der Waals surface area contributed by atoms with Crippen LogP contribution in [0.25, 0.3) is 5.57 Å². The molecule has 0 unspecified atom stereocenters. The molecule has 68 valence electrons. The van der Waals surface area contributed by atoms with Crippen LogP contribution in [0.3, 0.4) is 0 Å². The van der Waals surface area contributed by atoms with Gasteiger partial charge in [-0.25, -0.2) is 4.79 Å². The highest BCUT2D eigenvalue weighted by molar-refractivity contribution is 5.89. The summed E-state index contributed by atoms with van der Waals surface area (Å²) in [5.74, 6) is -0.904. The third-order valence-corrected chi connectivity index (χ3v) is 1.81. The Morgan fingerprint density at radius 1 is 1.46 bits per heavy atom. The van der Waals surface area contributed by atoms with E-state index in [0.717, 1.165) is 16.7 Å². The van der Waals surface area contributed by atoms with Crippen molar-refractivity contribution in [1.82, 2.24) is 0 Å². The highest BCUT2D eigenvalue weighted by Gasteiger charge is 1.97. The summed E-state index contributed by atoms with van der Waals surface area (Å²) in [6.45, 7) is 3.78. The highest BCUT2D eigenvalue weighted by Crippen LogP contribution is 2.14. The molecule has 1 aromatic rings. The first-order chi connectivity index (χ1) is 6.09. The summed E-state index contributed by atoms with van der Waals surface area (Å²) in [7, 11) is 0. The van der Waals surface area contributed by atoms with Gasteiger partial charge in [0.25, 0.3) is 0 Å². The van der Waals surface area contributed by atoms with Crippen molar-refractivity contribution >= 4 is 11.5 Å². The monoisotopic (exact) mass is 176 g/mol. The third-order valence-electron chi connectivity index (χ3n) is 1.81. The minimum absolute atomic E-state index is 0.774. The molecule has 0 atom stereocenters. The SMILES string of the molecule is CC(=CC(=O)O)c1cccc(C)c1. The van der Waals surface area contributed by atoms with Crippen LogP contribution in [-0.2, 0) is 4.79 Å². The molecule has 0 aliphatic rings. The van der Waals surface area contributed by atoms with E-state index in [4.69, 9.17) is 5.11 Å². The van der Waals surface area contributed by atoms with Gasteiger partial charge in [-0.1, -0.05) is 29.8 Å². The van der Waals surface area contributed by atoms with Crippen molar-refractivity contribution in [3.8, 4) is 0 Å². The molecule has 0 saturated heterocycles. The first kappa shape index (κ1) is 9.52. The van der Waals surface area contributed by atoms with E-state index in [0.29, 0.717) is 0 Å². The molecule has 1 rings (SSSR count). The lowest BCUT2D eigenvalue weighted by molar-refractivity contribution is -0.131. The number of aryl methyl sites for hydroxylation is 1. The van der Waals surface area contributed by atoms with E-state index < -0.39 is 5.97 Å². The lowest BCUT2D eigenvalue weighted by atomic mass is 10.1. The molecule has 2 nitrogen and oxygen atoms in total. The molecule has 0 amide bonds. The van der Waals surface area contributed by atoms with Gasteiger partial charge in [-0.15, -0.1) is 0 Å². The summed E-state index contributed by atoms with van der Waals surface area (Å²) in [4.78, 5) is 10.4. The number of allylic oxidation sites excluding steroid dienone is 1. The molecule has 0 bridgehead atoms. The van der Waals surface area contributed by atoms with Crippen molar-refractivity contribution in [2.45, 2.75) is 13.8 Å². The Morgan fingerprint density at radius 2 is 2.15 bits per heavy atom. The molecular formula is C11H12O2. The average molecular weight is 176 g/mol. The van der Waals surface area contributed by atoms with Crippen molar-refractivity contribution in [2.24, 2.45) is 0 Å². The normalized spacial score (nSPS) is 11.4. The predicted molar refractivity (Wildman–Crippen MR) is 52.5 cm³/mol. The number of carboxylic acids is 1. The number of carbonyl (C=O) groups is 1. The summed E-state index contributed by atoms with van der Waals surface area (Å²) in [5.41, 5.74) is 2.87. The van der Waals surface area contributed by atoms with Crippen LogP contribution in [0.15, 0.2) is 30.3 Å². The van der Waals surface area contributed by atoms with Crippen LogP contribution in [0, 0.1) is 6.92 Å². The van der Waals surface area contributed by atoms with E-state index in [9.17, 15) is 4.79 Å². The molecule has 0 aliphatic heterocycles. The molecule has 0 saturated carbocycles. The molecule has 0 radical (unpaired) electrons. The maximum absolute atomic E-state index is 10.4. The second-order valence-electron chi connectivity index (χ2n) is 3.04. The van der Waals surface area contributed by atoms with E-state index in [1.54, 1.807) is 6.92 Å².